The van der Waals surface area contributed by atoms with Crippen LogP contribution in [0, 0.1) is 0 Å². The second-order valence-electron chi connectivity index (χ2n) is 8.78. The largest absolute Gasteiger partial charge is 0.481 e. The summed E-state index contributed by atoms with van der Waals surface area (Å²) in [5, 5.41) is 10.3. The summed E-state index contributed by atoms with van der Waals surface area (Å²) in [5.41, 5.74) is 2.40. The molecule has 10 heteroatoms. The molecule has 2 aliphatic rings. The molecule has 2 heterocycles. The second-order valence-corrected chi connectivity index (χ2v) is 8.78. The maximum absolute atomic E-state index is 13.5. The minimum atomic E-state index is -1.38. The van der Waals surface area contributed by atoms with Crippen LogP contribution in [-0.2, 0) is 19.1 Å². The smallest absolute Gasteiger partial charge is 0.331 e. The number of hydrogen-bond acceptors (Lipinski definition) is 7. The molecule has 0 radical (unpaired) electrons. The summed E-state index contributed by atoms with van der Waals surface area (Å²) >= 11 is 0. The van der Waals surface area contributed by atoms with Crippen molar-refractivity contribution in [3.63, 3.8) is 0 Å². The molecule has 0 aromatic heterocycles. The highest BCUT2D eigenvalue weighted by atomic mass is 16.6. The summed E-state index contributed by atoms with van der Waals surface area (Å²) < 4.78 is 5.44. The lowest BCUT2D eigenvalue weighted by molar-refractivity contribution is -0.170. The monoisotopic (exact) mass is 445 g/mol. The van der Waals surface area contributed by atoms with Gasteiger partial charge < -0.3 is 9.84 Å². The van der Waals surface area contributed by atoms with Gasteiger partial charge in [-0.05, 0) is 52.2 Å². The molecular weight excluding hydrogens is 418 g/mol. The maximum Gasteiger partial charge on any atom is 0.331 e. The minimum Gasteiger partial charge on any atom is -0.481 e. The lowest BCUT2D eigenvalue weighted by Crippen LogP contribution is -2.62. The van der Waals surface area contributed by atoms with Crippen LogP contribution in [0.5, 0.6) is 0 Å². The Morgan fingerprint density at radius 2 is 1.75 bits per heavy atom. The first kappa shape index (κ1) is 23.4. The Bertz CT molecular complexity index is 918. The Morgan fingerprint density at radius 3 is 2.28 bits per heavy atom. The summed E-state index contributed by atoms with van der Waals surface area (Å²) in [6.07, 6.45) is 0.232. The lowest BCUT2D eigenvalue weighted by Gasteiger charge is -2.39. The summed E-state index contributed by atoms with van der Waals surface area (Å²) in [7, 11) is 0. The van der Waals surface area contributed by atoms with Crippen molar-refractivity contribution in [2.75, 3.05) is 6.54 Å². The maximum atomic E-state index is 13.5. The van der Waals surface area contributed by atoms with Crippen LogP contribution in [0.2, 0.25) is 0 Å². The van der Waals surface area contributed by atoms with Crippen molar-refractivity contribution in [1.29, 1.82) is 0 Å². The molecule has 172 valence electrons. The van der Waals surface area contributed by atoms with Crippen LogP contribution in [-0.4, -0.2) is 68.9 Å². The van der Waals surface area contributed by atoms with E-state index in [4.69, 9.17) is 9.84 Å². The summed E-state index contributed by atoms with van der Waals surface area (Å²) in [6.45, 7) is 5.53. The third kappa shape index (κ3) is 4.80. The van der Waals surface area contributed by atoms with E-state index >= 15 is 0 Å². The van der Waals surface area contributed by atoms with Crippen molar-refractivity contribution in [2.45, 2.75) is 64.1 Å². The topological polar surface area (TPSA) is 133 Å². The van der Waals surface area contributed by atoms with E-state index in [2.05, 4.69) is 5.43 Å². The lowest BCUT2D eigenvalue weighted by atomic mass is 10.0. The number of amides is 3. The molecule has 2 atom stereocenters. The predicted molar refractivity (Wildman–Crippen MR) is 111 cm³/mol. The molecule has 0 aliphatic carbocycles. The molecule has 0 unspecified atom stereocenters. The number of nitrogens with zero attached hydrogens (tertiary/aromatic N) is 2. The minimum absolute atomic E-state index is 0.154. The van der Waals surface area contributed by atoms with E-state index in [0.717, 1.165) is 9.91 Å². The fourth-order valence-corrected chi connectivity index (χ4v) is 3.83. The van der Waals surface area contributed by atoms with Crippen molar-refractivity contribution in [3.05, 3.63) is 35.4 Å². The van der Waals surface area contributed by atoms with Crippen LogP contribution in [0.1, 0.15) is 67.2 Å². The van der Waals surface area contributed by atoms with Crippen LogP contribution in [0.25, 0.3) is 0 Å². The second kappa shape index (κ2) is 9.07. The van der Waals surface area contributed by atoms with Gasteiger partial charge in [0.25, 0.3) is 17.7 Å². The number of ether oxygens (including phenoxy) is 1. The van der Waals surface area contributed by atoms with Gasteiger partial charge in [0.15, 0.2) is 0 Å². The van der Waals surface area contributed by atoms with Crippen molar-refractivity contribution >= 4 is 29.7 Å². The van der Waals surface area contributed by atoms with Gasteiger partial charge in [-0.2, -0.15) is 0 Å². The first-order valence-electron chi connectivity index (χ1n) is 10.5. The van der Waals surface area contributed by atoms with Gasteiger partial charge in [0.2, 0.25) is 0 Å². The number of hydrazine groups is 1. The van der Waals surface area contributed by atoms with Crippen molar-refractivity contribution in [3.8, 4) is 0 Å². The van der Waals surface area contributed by atoms with E-state index in [-0.39, 0.29) is 17.5 Å². The molecule has 2 aliphatic heterocycles. The third-order valence-corrected chi connectivity index (χ3v) is 5.22. The summed E-state index contributed by atoms with van der Waals surface area (Å²) in [4.78, 5) is 64.2. The molecule has 3 amide bonds. The molecule has 32 heavy (non-hydrogen) atoms. The fraction of sp³-hybridized carbons (Fsp3) is 0.500. The molecule has 1 aromatic rings. The van der Waals surface area contributed by atoms with E-state index < -0.39 is 53.8 Å². The van der Waals surface area contributed by atoms with Crippen molar-refractivity contribution in [1.82, 2.24) is 15.3 Å². The van der Waals surface area contributed by atoms with Gasteiger partial charge in [0.1, 0.15) is 17.7 Å². The number of aliphatic carboxylic acids is 1. The van der Waals surface area contributed by atoms with Gasteiger partial charge in [-0.15, -0.1) is 0 Å². The molecule has 1 aromatic carbocycles. The number of carboxylic acid groups (broad SMARTS) is 1. The molecule has 3 rings (SSSR count). The van der Waals surface area contributed by atoms with E-state index in [1.807, 2.05) is 0 Å². The van der Waals surface area contributed by atoms with Crippen LogP contribution in [0.4, 0.5) is 0 Å². The number of carbonyl (C=O) groups is 5. The molecule has 0 saturated carbocycles. The van der Waals surface area contributed by atoms with Gasteiger partial charge in [-0.3, -0.25) is 29.1 Å². The molecule has 10 nitrogen and oxygen atoms in total. The summed E-state index contributed by atoms with van der Waals surface area (Å²) in [5.74, 6) is -3.84. The van der Waals surface area contributed by atoms with Crippen molar-refractivity contribution in [2.24, 2.45) is 0 Å². The highest BCUT2D eigenvalue weighted by Crippen LogP contribution is 2.28. The Labute approximate surface area is 185 Å². The first-order valence-corrected chi connectivity index (χ1v) is 10.5. The molecule has 1 fully saturated rings. The molecule has 1 saturated heterocycles. The van der Waals surface area contributed by atoms with Gasteiger partial charge >= 0.3 is 11.9 Å². The van der Waals surface area contributed by atoms with Crippen LogP contribution < -0.4 is 5.43 Å². The number of esters is 1. The molecular formula is C22H27N3O7. The zero-order valence-electron chi connectivity index (χ0n) is 18.3. The van der Waals surface area contributed by atoms with Crippen LogP contribution >= 0.6 is 0 Å². The summed E-state index contributed by atoms with van der Waals surface area (Å²) in [6, 6.07) is 3.83. The van der Waals surface area contributed by atoms with Crippen LogP contribution in [0.15, 0.2) is 24.3 Å². The Balaban J connectivity index is 1.92. The number of carbonyl (C=O) groups excluding carboxylic acids is 4. The standard InChI is InChI=1S/C22H27N3O7/c1-22(2,3)32-21(31)16-9-6-12-23-25(16)20(30)15(10-11-17(26)27)24-18(28)13-7-4-5-8-14(13)19(24)29/h4-5,7-8,15-16,23H,6,9-12H2,1-3H3,(H,26,27)/t15-,16-/m0/s1. The Kier molecular flexibility index (Phi) is 6.63. The van der Waals surface area contributed by atoms with Gasteiger partial charge in [0, 0.05) is 13.0 Å². The molecule has 0 spiro atoms. The number of imide groups is 1. The van der Waals surface area contributed by atoms with Gasteiger partial charge in [0.05, 0.1) is 11.1 Å². The molecule has 2 N–H and O–H groups in total. The fourth-order valence-electron chi connectivity index (χ4n) is 3.83. The average molecular weight is 445 g/mol. The number of hydrogen-bond donors (Lipinski definition) is 2. The zero-order chi connectivity index (χ0) is 23.6. The highest BCUT2D eigenvalue weighted by Gasteiger charge is 2.46. The number of benzene rings is 1. The quantitative estimate of drug-likeness (QED) is 0.495. The van der Waals surface area contributed by atoms with Crippen molar-refractivity contribution < 1.29 is 33.8 Å². The Hall–Kier alpha value is -3.27. The van der Waals surface area contributed by atoms with E-state index in [1.165, 1.54) is 12.1 Å². The Morgan fingerprint density at radius 1 is 1.16 bits per heavy atom. The number of nitrogens with one attached hydrogen (secondary N) is 1. The van der Waals surface area contributed by atoms with E-state index in [1.54, 1.807) is 32.9 Å². The zero-order valence-corrected chi connectivity index (χ0v) is 18.3. The number of carboxylic acids is 1. The van der Waals surface area contributed by atoms with Crippen LogP contribution in [0.3, 0.4) is 0 Å². The van der Waals surface area contributed by atoms with E-state index in [0.29, 0.717) is 19.4 Å². The van der Waals surface area contributed by atoms with Gasteiger partial charge in [-0.25, -0.2) is 10.2 Å². The van der Waals surface area contributed by atoms with E-state index in [9.17, 15) is 24.0 Å². The third-order valence-electron chi connectivity index (χ3n) is 5.22. The number of rotatable bonds is 6. The first-order chi connectivity index (χ1) is 15.0. The number of fused-ring (bicyclic) bond motifs is 1. The molecule has 0 bridgehead atoms. The highest BCUT2D eigenvalue weighted by molar-refractivity contribution is 6.22. The average Bonchev–Trinajstić information content (AvgIpc) is 2.98. The normalized spacial score (nSPS) is 19.5. The van der Waals surface area contributed by atoms with Gasteiger partial charge in [-0.1, -0.05) is 12.1 Å². The SMILES string of the molecule is CC(C)(C)OC(=O)[C@@H]1CCCNN1C(=O)[C@H](CCC(=O)O)N1C(=O)c2ccccc2C1=O. The predicted octanol–water partition coefficient (Wildman–Crippen LogP) is 1.35.